The van der Waals surface area contributed by atoms with E-state index in [4.69, 9.17) is 0 Å². The van der Waals surface area contributed by atoms with Crippen LogP contribution in [0.1, 0.15) is 52.4 Å². The summed E-state index contributed by atoms with van der Waals surface area (Å²) in [5.41, 5.74) is 0. The van der Waals surface area contributed by atoms with E-state index in [1.807, 2.05) is 0 Å². The van der Waals surface area contributed by atoms with Crippen molar-refractivity contribution in [3.05, 3.63) is 0 Å². The number of hydrogen-bond donors (Lipinski definition) is 2. The van der Waals surface area contributed by atoms with Crippen LogP contribution in [-0.2, 0) is 10.0 Å². The summed E-state index contributed by atoms with van der Waals surface area (Å²) < 4.78 is 26.7. The molecule has 1 aliphatic heterocycles. The fourth-order valence-electron chi connectivity index (χ4n) is 2.65. The maximum Gasteiger partial charge on any atom is 0.211 e. The first-order chi connectivity index (χ1) is 10.0. The van der Waals surface area contributed by atoms with Crippen LogP contribution in [0.25, 0.3) is 0 Å². The lowest BCUT2D eigenvalue weighted by molar-refractivity contribution is 0.175. The quantitative estimate of drug-likeness (QED) is 0.567. The number of likely N-dealkylation sites (tertiary alicyclic amines) is 1. The van der Waals surface area contributed by atoms with E-state index in [0.29, 0.717) is 12.6 Å². The molecule has 1 saturated heterocycles. The Kier molecular flexibility index (Phi) is 9.47. The zero-order chi connectivity index (χ0) is 15.6. The number of nitrogens with zero attached hydrogens (tertiary/aromatic N) is 1. The molecule has 1 aliphatic rings. The minimum absolute atomic E-state index is 0.244. The van der Waals surface area contributed by atoms with Gasteiger partial charge in [-0.15, -0.1) is 0 Å². The van der Waals surface area contributed by atoms with Gasteiger partial charge in [-0.2, -0.15) is 0 Å². The van der Waals surface area contributed by atoms with Crippen molar-refractivity contribution < 1.29 is 8.42 Å². The molecule has 0 radical (unpaired) electrons. The minimum atomic E-state index is -3.11. The third kappa shape index (κ3) is 8.76. The zero-order valence-corrected chi connectivity index (χ0v) is 14.6. The lowest BCUT2D eigenvalue weighted by Gasteiger charge is -2.32. The summed E-state index contributed by atoms with van der Waals surface area (Å²) in [7, 11) is -3.11. The topological polar surface area (TPSA) is 61.4 Å². The summed E-state index contributed by atoms with van der Waals surface area (Å²) in [6.07, 6.45) is 6.55. The average molecular weight is 320 g/mol. The first kappa shape index (κ1) is 18.9. The summed E-state index contributed by atoms with van der Waals surface area (Å²) in [5, 5.41) is 3.29. The van der Waals surface area contributed by atoms with Gasteiger partial charge in [0.2, 0.25) is 10.0 Å². The molecule has 21 heavy (non-hydrogen) atoms. The van der Waals surface area contributed by atoms with Crippen molar-refractivity contribution in [2.75, 3.05) is 38.5 Å². The van der Waals surface area contributed by atoms with Gasteiger partial charge in [0, 0.05) is 12.6 Å². The molecular weight excluding hydrogens is 286 g/mol. The summed E-state index contributed by atoms with van der Waals surface area (Å²) in [6.45, 7) is 8.91. The predicted molar refractivity (Wildman–Crippen MR) is 89.1 cm³/mol. The van der Waals surface area contributed by atoms with Crippen LogP contribution in [-0.4, -0.2) is 57.8 Å². The first-order valence-corrected chi connectivity index (χ1v) is 10.1. The molecule has 0 aromatic heterocycles. The van der Waals surface area contributed by atoms with Crippen molar-refractivity contribution in [2.24, 2.45) is 0 Å². The van der Waals surface area contributed by atoms with Gasteiger partial charge in [-0.25, -0.2) is 13.1 Å². The third-order valence-corrected chi connectivity index (χ3v) is 5.49. The van der Waals surface area contributed by atoms with E-state index in [9.17, 15) is 8.42 Å². The van der Waals surface area contributed by atoms with Gasteiger partial charge in [-0.05, 0) is 65.2 Å². The Morgan fingerprint density at radius 1 is 1.10 bits per heavy atom. The van der Waals surface area contributed by atoms with Gasteiger partial charge in [0.1, 0.15) is 0 Å². The SMILES string of the molecule is CCCNCCCCS(=O)(=O)NCC(C)N1CCCCC1. The van der Waals surface area contributed by atoms with E-state index >= 15 is 0 Å². The van der Waals surface area contributed by atoms with E-state index in [0.717, 1.165) is 45.4 Å². The molecule has 0 bridgehead atoms. The van der Waals surface area contributed by atoms with Crippen molar-refractivity contribution in [1.82, 2.24) is 14.9 Å². The van der Waals surface area contributed by atoms with E-state index < -0.39 is 10.0 Å². The predicted octanol–water partition coefficient (Wildman–Crippen LogP) is 1.56. The molecule has 0 saturated carbocycles. The number of hydrogen-bond acceptors (Lipinski definition) is 4. The highest BCUT2D eigenvalue weighted by Gasteiger charge is 2.18. The zero-order valence-electron chi connectivity index (χ0n) is 13.7. The summed E-state index contributed by atoms with van der Waals surface area (Å²) in [6, 6.07) is 0.297. The fraction of sp³-hybridized carbons (Fsp3) is 1.00. The molecule has 6 heteroatoms. The van der Waals surface area contributed by atoms with Crippen molar-refractivity contribution in [1.29, 1.82) is 0 Å². The van der Waals surface area contributed by atoms with Crippen molar-refractivity contribution in [3.63, 3.8) is 0 Å². The van der Waals surface area contributed by atoms with E-state index in [1.165, 1.54) is 19.3 Å². The molecular formula is C15H33N3O2S. The van der Waals surface area contributed by atoms with E-state index in [2.05, 4.69) is 28.8 Å². The molecule has 0 aromatic carbocycles. The highest BCUT2D eigenvalue weighted by molar-refractivity contribution is 7.89. The van der Waals surface area contributed by atoms with Gasteiger partial charge in [0.15, 0.2) is 0 Å². The van der Waals surface area contributed by atoms with Crippen LogP contribution in [0.3, 0.4) is 0 Å². The number of unbranched alkanes of at least 4 members (excludes halogenated alkanes) is 1. The van der Waals surface area contributed by atoms with Crippen molar-refractivity contribution in [2.45, 2.75) is 58.4 Å². The number of rotatable bonds is 11. The Morgan fingerprint density at radius 2 is 1.81 bits per heavy atom. The second-order valence-corrected chi connectivity index (χ2v) is 8.00. The molecule has 1 rings (SSSR count). The number of nitrogens with one attached hydrogen (secondary N) is 2. The van der Waals surface area contributed by atoms with Gasteiger partial charge < -0.3 is 5.32 Å². The standard InChI is InChI=1S/C15H33N3O2S/c1-3-9-16-10-5-8-13-21(19,20)17-14-15(2)18-11-6-4-7-12-18/h15-17H,3-14H2,1-2H3. The lowest BCUT2D eigenvalue weighted by Crippen LogP contribution is -2.44. The first-order valence-electron chi connectivity index (χ1n) is 8.47. The van der Waals surface area contributed by atoms with Gasteiger partial charge in [-0.3, -0.25) is 4.90 Å². The van der Waals surface area contributed by atoms with Crippen LogP contribution in [0.15, 0.2) is 0 Å². The molecule has 1 fully saturated rings. The summed E-state index contributed by atoms with van der Waals surface area (Å²) in [4.78, 5) is 2.39. The third-order valence-electron chi connectivity index (χ3n) is 4.06. The molecule has 0 aromatic rings. The van der Waals surface area contributed by atoms with Crippen LogP contribution < -0.4 is 10.0 Å². The largest absolute Gasteiger partial charge is 0.317 e. The van der Waals surface area contributed by atoms with E-state index in [-0.39, 0.29) is 5.75 Å². The van der Waals surface area contributed by atoms with Gasteiger partial charge in [-0.1, -0.05) is 13.3 Å². The summed E-state index contributed by atoms with van der Waals surface area (Å²) in [5.74, 6) is 0.244. The number of sulfonamides is 1. The maximum atomic E-state index is 12.0. The Hall–Kier alpha value is -0.170. The highest BCUT2D eigenvalue weighted by Crippen LogP contribution is 2.11. The Labute approximate surface area is 130 Å². The number of piperidine rings is 1. The summed E-state index contributed by atoms with van der Waals surface area (Å²) >= 11 is 0. The molecule has 5 nitrogen and oxygen atoms in total. The fourth-order valence-corrected chi connectivity index (χ4v) is 3.88. The second kappa shape index (κ2) is 10.5. The van der Waals surface area contributed by atoms with Gasteiger partial charge in [0.05, 0.1) is 5.75 Å². The Balaban J connectivity index is 2.13. The van der Waals surface area contributed by atoms with E-state index in [1.54, 1.807) is 0 Å². The van der Waals surface area contributed by atoms with Crippen molar-refractivity contribution >= 4 is 10.0 Å². The van der Waals surface area contributed by atoms with Crippen molar-refractivity contribution in [3.8, 4) is 0 Å². The molecule has 1 unspecified atom stereocenters. The van der Waals surface area contributed by atoms with Crippen LogP contribution >= 0.6 is 0 Å². The van der Waals surface area contributed by atoms with Crippen LogP contribution in [0, 0.1) is 0 Å². The van der Waals surface area contributed by atoms with Gasteiger partial charge >= 0.3 is 0 Å². The molecule has 2 N–H and O–H groups in total. The molecule has 1 atom stereocenters. The van der Waals surface area contributed by atoms with Crippen LogP contribution in [0.2, 0.25) is 0 Å². The smallest absolute Gasteiger partial charge is 0.211 e. The van der Waals surface area contributed by atoms with Crippen LogP contribution in [0.5, 0.6) is 0 Å². The van der Waals surface area contributed by atoms with Gasteiger partial charge in [0.25, 0.3) is 0 Å². The second-order valence-electron chi connectivity index (χ2n) is 6.07. The monoisotopic (exact) mass is 319 g/mol. The lowest BCUT2D eigenvalue weighted by atomic mass is 10.1. The normalized spacial score (nSPS) is 18.8. The minimum Gasteiger partial charge on any atom is -0.317 e. The highest BCUT2D eigenvalue weighted by atomic mass is 32.2. The maximum absolute atomic E-state index is 12.0. The molecule has 0 aliphatic carbocycles. The average Bonchev–Trinajstić information content (AvgIpc) is 2.49. The van der Waals surface area contributed by atoms with Crippen LogP contribution in [0.4, 0.5) is 0 Å². The molecule has 0 spiro atoms. The Bertz CT molecular complexity index is 354. The Morgan fingerprint density at radius 3 is 2.48 bits per heavy atom. The molecule has 126 valence electrons. The molecule has 1 heterocycles. The molecule has 0 amide bonds.